The fourth-order valence-electron chi connectivity index (χ4n) is 1.32. The fourth-order valence-corrected chi connectivity index (χ4v) is 1.32. The van der Waals surface area contributed by atoms with Crippen LogP contribution in [0.15, 0.2) is 11.8 Å². The summed E-state index contributed by atoms with van der Waals surface area (Å²) in [4.78, 5) is 9.68. The van der Waals surface area contributed by atoms with Gasteiger partial charge in [0.1, 0.15) is 12.7 Å². The molecule has 3 N–H and O–H groups in total. The van der Waals surface area contributed by atoms with E-state index in [0.29, 0.717) is 6.61 Å². The van der Waals surface area contributed by atoms with Crippen molar-refractivity contribution in [1.82, 2.24) is 5.48 Å². The number of hydrogen-bond donors (Lipinski definition) is 2. The van der Waals surface area contributed by atoms with Crippen LogP contribution in [0.25, 0.3) is 0 Å². The molecule has 0 amide bonds. The second-order valence-electron chi connectivity index (χ2n) is 3.24. The molecular weight excluding hydrogens is 168 g/mol. The molecule has 1 aliphatic heterocycles. The van der Waals surface area contributed by atoms with Crippen molar-refractivity contribution in [3.05, 3.63) is 11.8 Å². The van der Waals surface area contributed by atoms with Gasteiger partial charge in [-0.1, -0.05) is 19.8 Å². The lowest BCUT2D eigenvalue weighted by Crippen LogP contribution is -2.19. The van der Waals surface area contributed by atoms with Crippen LogP contribution in [0, 0.1) is 0 Å². The van der Waals surface area contributed by atoms with Crippen molar-refractivity contribution in [2.24, 2.45) is 5.90 Å². The van der Waals surface area contributed by atoms with Crippen molar-refractivity contribution >= 4 is 0 Å². The van der Waals surface area contributed by atoms with Gasteiger partial charge >= 0.3 is 0 Å². The first-order valence-electron chi connectivity index (χ1n) is 4.81. The monoisotopic (exact) mass is 186 g/mol. The van der Waals surface area contributed by atoms with E-state index in [1.165, 1.54) is 19.3 Å². The molecule has 0 spiro atoms. The molecule has 0 saturated carbocycles. The Labute approximate surface area is 79.0 Å². The van der Waals surface area contributed by atoms with E-state index in [4.69, 9.17) is 10.7 Å². The van der Waals surface area contributed by atoms with Gasteiger partial charge < -0.3 is 4.84 Å². The van der Waals surface area contributed by atoms with Crippen LogP contribution in [-0.2, 0) is 9.68 Å². The quantitative estimate of drug-likeness (QED) is 0.484. The van der Waals surface area contributed by atoms with Crippen LogP contribution in [-0.4, -0.2) is 12.7 Å². The minimum Gasteiger partial charge on any atom is -0.301 e. The molecule has 0 aromatic carbocycles. The topological polar surface area (TPSA) is 56.5 Å². The minimum atomic E-state index is -0.0263. The molecule has 4 heteroatoms. The maximum atomic E-state index is 5.19. The average Bonchev–Trinajstić information content (AvgIpc) is 2.54. The Kier molecular flexibility index (Phi) is 4.82. The summed E-state index contributed by atoms with van der Waals surface area (Å²) in [5.74, 6) is 4.94. The fraction of sp³-hybridized carbons (Fsp3) is 0.778. The van der Waals surface area contributed by atoms with Crippen LogP contribution in [0.4, 0.5) is 0 Å². The Morgan fingerprint density at radius 2 is 2.46 bits per heavy atom. The highest BCUT2D eigenvalue weighted by molar-refractivity contribution is 5.05. The molecule has 0 aliphatic carbocycles. The zero-order valence-corrected chi connectivity index (χ0v) is 8.08. The second-order valence-corrected chi connectivity index (χ2v) is 3.24. The summed E-state index contributed by atoms with van der Waals surface area (Å²) in [7, 11) is 0. The summed E-state index contributed by atoms with van der Waals surface area (Å²) < 4.78 is 0. The molecule has 1 aliphatic rings. The van der Waals surface area contributed by atoms with Gasteiger partial charge in [-0.2, -0.15) is 0 Å². The van der Waals surface area contributed by atoms with Crippen LogP contribution in [0.5, 0.6) is 0 Å². The predicted molar refractivity (Wildman–Crippen MR) is 50.4 cm³/mol. The van der Waals surface area contributed by atoms with Crippen LogP contribution < -0.4 is 11.4 Å². The predicted octanol–water partition coefficient (Wildman–Crippen LogP) is 1.24. The van der Waals surface area contributed by atoms with Gasteiger partial charge in [-0.15, -0.1) is 0 Å². The smallest absolute Gasteiger partial charge is 0.131 e. The van der Waals surface area contributed by atoms with E-state index in [1.807, 2.05) is 6.08 Å². The summed E-state index contributed by atoms with van der Waals surface area (Å²) in [6.45, 7) is 2.60. The summed E-state index contributed by atoms with van der Waals surface area (Å²) in [6.07, 6.45) is 6.76. The molecule has 0 aromatic rings. The van der Waals surface area contributed by atoms with E-state index in [0.717, 1.165) is 12.1 Å². The van der Waals surface area contributed by atoms with Crippen LogP contribution in [0.1, 0.15) is 32.6 Å². The van der Waals surface area contributed by atoms with Gasteiger partial charge in [0.05, 0.1) is 0 Å². The SMILES string of the molecule is CCCCCC1=CC(CON)ON1. The van der Waals surface area contributed by atoms with E-state index < -0.39 is 0 Å². The third-order valence-electron chi connectivity index (χ3n) is 2.04. The normalized spacial score (nSPS) is 21.4. The molecule has 1 atom stereocenters. The Morgan fingerprint density at radius 3 is 3.15 bits per heavy atom. The molecule has 4 nitrogen and oxygen atoms in total. The van der Waals surface area contributed by atoms with Gasteiger partial charge in [-0.25, -0.2) is 5.90 Å². The molecule has 1 unspecified atom stereocenters. The van der Waals surface area contributed by atoms with Crippen molar-refractivity contribution in [3.63, 3.8) is 0 Å². The maximum Gasteiger partial charge on any atom is 0.131 e. The van der Waals surface area contributed by atoms with Gasteiger partial charge in [0.25, 0.3) is 0 Å². The Balaban J connectivity index is 2.16. The summed E-state index contributed by atoms with van der Waals surface area (Å²) in [6, 6.07) is 0. The first-order chi connectivity index (χ1) is 6.36. The lowest BCUT2D eigenvalue weighted by atomic mass is 10.1. The molecule has 76 valence electrons. The summed E-state index contributed by atoms with van der Waals surface area (Å²) in [5, 5.41) is 0. The minimum absolute atomic E-state index is 0.0263. The van der Waals surface area contributed by atoms with Gasteiger partial charge in [-0.05, 0) is 18.9 Å². The number of allylic oxidation sites excluding steroid dienone is 1. The Morgan fingerprint density at radius 1 is 1.62 bits per heavy atom. The molecule has 0 saturated heterocycles. The number of nitrogens with one attached hydrogen (secondary N) is 1. The summed E-state index contributed by atoms with van der Waals surface area (Å²) >= 11 is 0. The van der Waals surface area contributed by atoms with Crippen molar-refractivity contribution in [1.29, 1.82) is 0 Å². The second kappa shape index (κ2) is 5.96. The average molecular weight is 186 g/mol. The van der Waals surface area contributed by atoms with Gasteiger partial charge in [0.2, 0.25) is 0 Å². The van der Waals surface area contributed by atoms with E-state index in [-0.39, 0.29) is 6.10 Å². The molecule has 1 heterocycles. The number of nitrogens with two attached hydrogens (primary N) is 1. The van der Waals surface area contributed by atoms with Crippen molar-refractivity contribution in [3.8, 4) is 0 Å². The van der Waals surface area contributed by atoms with Gasteiger partial charge in [0.15, 0.2) is 0 Å². The zero-order chi connectivity index (χ0) is 9.52. The van der Waals surface area contributed by atoms with Crippen LogP contribution >= 0.6 is 0 Å². The lowest BCUT2D eigenvalue weighted by Gasteiger charge is -2.04. The van der Waals surface area contributed by atoms with Crippen molar-refractivity contribution in [2.75, 3.05) is 6.61 Å². The van der Waals surface area contributed by atoms with E-state index >= 15 is 0 Å². The number of rotatable bonds is 6. The van der Waals surface area contributed by atoms with Crippen molar-refractivity contribution < 1.29 is 9.68 Å². The van der Waals surface area contributed by atoms with Crippen LogP contribution in [0.2, 0.25) is 0 Å². The highest BCUT2D eigenvalue weighted by atomic mass is 16.7. The number of unbranched alkanes of at least 4 members (excludes halogenated alkanes) is 2. The molecule has 0 fully saturated rings. The lowest BCUT2D eigenvalue weighted by molar-refractivity contribution is -0.0161. The van der Waals surface area contributed by atoms with E-state index in [1.54, 1.807) is 0 Å². The first kappa shape index (κ1) is 10.5. The third-order valence-corrected chi connectivity index (χ3v) is 2.04. The van der Waals surface area contributed by atoms with Crippen LogP contribution in [0.3, 0.4) is 0 Å². The first-order valence-corrected chi connectivity index (χ1v) is 4.81. The maximum absolute atomic E-state index is 5.19. The standard InChI is InChI=1S/C9H18N2O2/c1-2-3-4-5-8-6-9(7-12-10)13-11-8/h6,9,11H,2-5,7,10H2,1H3. The van der Waals surface area contributed by atoms with Crippen molar-refractivity contribution in [2.45, 2.75) is 38.7 Å². The highest BCUT2D eigenvalue weighted by Gasteiger charge is 2.15. The molecule has 0 radical (unpaired) electrons. The van der Waals surface area contributed by atoms with Gasteiger partial charge in [0, 0.05) is 5.70 Å². The molecule has 0 bridgehead atoms. The van der Waals surface area contributed by atoms with E-state index in [2.05, 4.69) is 17.2 Å². The Bertz CT molecular complexity index is 171. The molecule has 1 rings (SSSR count). The zero-order valence-electron chi connectivity index (χ0n) is 8.08. The van der Waals surface area contributed by atoms with Gasteiger partial charge in [-0.3, -0.25) is 10.3 Å². The molecule has 13 heavy (non-hydrogen) atoms. The Hall–Kier alpha value is -0.580. The highest BCUT2D eigenvalue weighted by Crippen LogP contribution is 2.13. The number of hydrogen-bond acceptors (Lipinski definition) is 4. The number of hydroxylamine groups is 1. The molecular formula is C9H18N2O2. The summed E-state index contributed by atoms with van der Waals surface area (Å²) in [5.41, 5.74) is 4.02. The van der Waals surface area contributed by atoms with E-state index in [9.17, 15) is 0 Å². The third kappa shape index (κ3) is 3.76. The molecule has 0 aromatic heterocycles. The largest absolute Gasteiger partial charge is 0.301 e.